The van der Waals surface area contributed by atoms with Gasteiger partial charge in [-0.05, 0) is 17.7 Å². The van der Waals surface area contributed by atoms with Crippen LogP contribution in [0.15, 0.2) is 12.1 Å². The zero-order chi connectivity index (χ0) is 9.54. The van der Waals surface area contributed by atoms with Crippen molar-refractivity contribution >= 4 is 12.0 Å². The summed E-state index contributed by atoms with van der Waals surface area (Å²) in [7, 11) is 0. The molecule has 2 aliphatic heterocycles. The van der Waals surface area contributed by atoms with Crippen LogP contribution in [-0.2, 0) is 11.2 Å². The first-order valence-corrected chi connectivity index (χ1v) is 4.88. The molecule has 1 aromatic carbocycles. The minimum Gasteiger partial charge on any atom is -0.493 e. The Labute approximate surface area is 82.1 Å². The molecule has 3 heteroatoms. The van der Waals surface area contributed by atoms with E-state index in [2.05, 4.69) is 5.32 Å². The maximum Gasteiger partial charge on any atom is 0.129 e. The number of ether oxygens (including phenoxy) is 1. The van der Waals surface area contributed by atoms with E-state index in [1.807, 2.05) is 12.1 Å². The Kier molecular flexibility index (Phi) is 1.54. The third-order valence-corrected chi connectivity index (χ3v) is 2.97. The van der Waals surface area contributed by atoms with Gasteiger partial charge in [0.15, 0.2) is 0 Å². The van der Waals surface area contributed by atoms with Gasteiger partial charge in [0.05, 0.1) is 12.5 Å². The Morgan fingerprint density at radius 2 is 2.43 bits per heavy atom. The van der Waals surface area contributed by atoms with Gasteiger partial charge in [0.25, 0.3) is 0 Å². The van der Waals surface area contributed by atoms with Crippen LogP contribution in [0.4, 0.5) is 5.69 Å². The summed E-state index contributed by atoms with van der Waals surface area (Å²) in [5.41, 5.74) is 3.49. The molecule has 0 spiro atoms. The lowest BCUT2D eigenvalue weighted by molar-refractivity contribution is -0.108. The van der Waals surface area contributed by atoms with Gasteiger partial charge in [0.1, 0.15) is 12.0 Å². The highest BCUT2D eigenvalue weighted by molar-refractivity contribution is 5.76. The molecule has 3 rings (SSSR count). The van der Waals surface area contributed by atoms with Crippen LogP contribution in [0.2, 0.25) is 0 Å². The summed E-state index contributed by atoms with van der Waals surface area (Å²) in [5, 5.41) is 3.24. The smallest absolute Gasteiger partial charge is 0.129 e. The second-order valence-corrected chi connectivity index (χ2v) is 3.73. The molecular formula is C11H11NO2. The van der Waals surface area contributed by atoms with Crippen molar-refractivity contribution in [3.63, 3.8) is 0 Å². The lowest BCUT2D eigenvalue weighted by atomic mass is 9.95. The number of aldehydes is 1. The first kappa shape index (κ1) is 7.85. The van der Waals surface area contributed by atoms with Gasteiger partial charge < -0.3 is 14.8 Å². The number of rotatable bonds is 1. The Hall–Kier alpha value is -1.51. The number of nitrogens with one attached hydrogen (secondary N) is 1. The lowest BCUT2D eigenvalue weighted by Crippen LogP contribution is -2.03. The van der Waals surface area contributed by atoms with Crippen molar-refractivity contribution < 1.29 is 9.53 Å². The van der Waals surface area contributed by atoms with Crippen LogP contribution >= 0.6 is 0 Å². The molecule has 0 bridgehead atoms. The van der Waals surface area contributed by atoms with Crippen molar-refractivity contribution in [2.75, 3.05) is 18.5 Å². The zero-order valence-corrected chi connectivity index (χ0v) is 7.75. The van der Waals surface area contributed by atoms with Crippen LogP contribution < -0.4 is 10.1 Å². The Bertz CT molecular complexity index is 401. The summed E-state index contributed by atoms with van der Waals surface area (Å²) in [4.78, 5) is 10.9. The molecule has 14 heavy (non-hydrogen) atoms. The predicted octanol–water partition coefficient (Wildman–Crippen LogP) is 1.33. The standard InChI is InChI=1S/C11H11NO2/c13-6-7-5-12-9-1-2-10-8(11(7)9)3-4-14-10/h1-2,6-7,12H,3-5H2. The van der Waals surface area contributed by atoms with Crippen LogP contribution in [0.1, 0.15) is 17.0 Å². The van der Waals surface area contributed by atoms with Gasteiger partial charge in [-0.3, -0.25) is 0 Å². The maximum atomic E-state index is 10.9. The zero-order valence-electron chi connectivity index (χ0n) is 7.75. The van der Waals surface area contributed by atoms with E-state index >= 15 is 0 Å². The van der Waals surface area contributed by atoms with Crippen molar-refractivity contribution in [2.24, 2.45) is 0 Å². The minimum atomic E-state index is 0.0154. The van der Waals surface area contributed by atoms with E-state index in [1.165, 1.54) is 5.56 Å². The van der Waals surface area contributed by atoms with Gasteiger partial charge in [0.2, 0.25) is 0 Å². The molecule has 1 N–H and O–H groups in total. The molecule has 0 saturated carbocycles. The number of carbonyl (C=O) groups excluding carboxylic acids is 1. The third kappa shape index (κ3) is 0.895. The van der Waals surface area contributed by atoms with E-state index in [0.717, 1.165) is 42.9 Å². The number of benzene rings is 1. The molecule has 1 unspecified atom stereocenters. The van der Waals surface area contributed by atoms with Crippen molar-refractivity contribution in [3.05, 3.63) is 23.3 Å². The Morgan fingerprint density at radius 3 is 3.29 bits per heavy atom. The minimum absolute atomic E-state index is 0.0154. The van der Waals surface area contributed by atoms with Crippen LogP contribution in [0.3, 0.4) is 0 Å². The molecule has 2 heterocycles. The lowest BCUT2D eigenvalue weighted by Gasteiger charge is -2.07. The van der Waals surface area contributed by atoms with Crippen molar-refractivity contribution in [2.45, 2.75) is 12.3 Å². The molecular weight excluding hydrogens is 178 g/mol. The number of anilines is 1. The fourth-order valence-electron chi connectivity index (χ4n) is 2.32. The number of carbonyl (C=O) groups is 1. The highest BCUT2D eigenvalue weighted by atomic mass is 16.5. The molecule has 1 atom stereocenters. The summed E-state index contributed by atoms with van der Waals surface area (Å²) < 4.78 is 5.47. The quantitative estimate of drug-likeness (QED) is 0.677. The van der Waals surface area contributed by atoms with E-state index < -0.39 is 0 Å². The number of hydrogen-bond donors (Lipinski definition) is 1. The summed E-state index contributed by atoms with van der Waals surface area (Å²) in [6, 6.07) is 3.99. The average Bonchev–Trinajstić information content (AvgIpc) is 2.82. The predicted molar refractivity (Wildman–Crippen MR) is 52.9 cm³/mol. The summed E-state index contributed by atoms with van der Waals surface area (Å²) in [5.74, 6) is 0.973. The third-order valence-electron chi connectivity index (χ3n) is 2.97. The molecule has 0 radical (unpaired) electrons. The van der Waals surface area contributed by atoms with E-state index in [1.54, 1.807) is 0 Å². The van der Waals surface area contributed by atoms with Crippen molar-refractivity contribution in [1.29, 1.82) is 0 Å². The van der Waals surface area contributed by atoms with Gasteiger partial charge in [0, 0.05) is 24.2 Å². The normalized spacial score (nSPS) is 22.1. The first-order chi connectivity index (χ1) is 6.90. The summed E-state index contributed by atoms with van der Waals surface area (Å²) >= 11 is 0. The molecule has 0 fully saturated rings. The van der Waals surface area contributed by atoms with Crippen molar-refractivity contribution in [1.82, 2.24) is 0 Å². The fourth-order valence-corrected chi connectivity index (χ4v) is 2.32. The average molecular weight is 189 g/mol. The summed E-state index contributed by atoms with van der Waals surface area (Å²) in [6.07, 6.45) is 1.96. The number of fused-ring (bicyclic) bond motifs is 3. The first-order valence-electron chi connectivity index (χ1n) is 4.88. The largest absolute Gasteiger partial charge is 0.493 e. The van der Waals surface area contributed by atoms with Gasteiger partial charge in [-0.1, -0.05) is 0 Å². The van der Waals surface area contributed by atoms with E-state index in [9.17, 15) is 4.79 Å². The monoisotopic (exact) mass is 189 g/mol. The Morgan fingerprint density at radius 1 is 1.50 bits per heavy atom. The van der Waals surface area contributed by atoms with Crippen LogP contribution in [0, 0.1) is 0 Å². The highest BCUT2D eigenvalue weighted by Gasteiger charge is 2.28. The van der Waals surface area contributed by atoms with Crippen LogP contribution in [0.5, 0.6) is 5.75 Å². The van der Waals surface area contributed by atoms with Crippen LogP contribution in [-0.4, -0.2) is 19.4 Å². The van der Waals surface area contributed by atoms with Crippen LogP contribution in [0.25, 0.3) is 0 Å². The van der Waals surface area contributed by atoms with Gasteiger partial charge in [-0.25, -0.2) is 0 Å². The molecule has 0 saturated heterocycles. The molecule has 0 aromatic heterocycles. The number of hydrogen-bond acceptors (Lipinski definition) is 3. The van der Waals surface area contributed by atoms with Gasteiger partial charge in [-0.2, -0.15) is 0 Å². The van der Waals surface area contributed by atoms with Gasteiger partial charge >= 0.3 is 0 Å². The highest BCUT2D eigenvalue weighted by Crippen LogP contribution is 2.40. The van der Waals surface area contributed by atoms with Gasteiger partial charge in [-0.15, -0.1) is 0 Å². The maximum absolute atomic E-state index is 10.9. The molecule has 0 aliphatic carbocycles. The second kappa shape index (κ2) is 2.74. The Balaban J connectivity index is 2.20. The van der Waals surface area contributed by atoms with E-state index in [4.69, 9.17) is 4.74 Å². The topological polar surface area (TPSA) is 38.3 Å². The molecule has 3 nitrogen and oxygen atoms in total. The van der Waals surface area contributed by atoms with E-state index in [0.29, 0.717) is 0 Å². The van der Waals surface area contributed by atoms with Crippen molar-refractivity contribution in [3.8, 4) is 5.75 Å². The SMILES string of the molecule is O=CC1CNc2ccc3c(c21)CCO3. The molecule has 2 aliphatic rings. The summed E-state index contributed by atoms with van der Waals surface area (Å²) in [6.45, 7) is 1.48. The fraction of sp³-hybridized carbons (Fsp3) is 0.364. The molecule has 1 aromatic rings. The molecule has 72 valence electrons. The van der Waals surface area contributed by atoms with E-state index in [-0.39, 0.29) is 5.92 Å². The second-order valence-electron chi connectivity index (χ2n) is 3.73. The molecule has 0 amide bonds.